The van der Waals surface area contributed by atoms with E-state index in [0.717, 1.165) is 17.1 Å². The van der Waals surface area contributed by atoms with Crippen LogP contribution in [0.2, 0.25) is 0 Å². The van der Waals surface area contributed by atoms with E-state index in [1.165, 1.54) is 21.6 Å². The maximum Gasteiger partial charge on any atom is 0.107 e. The molecule has 0 aliphatic rings. The lowest BCUT2D eigenvalue weighted by Crippen LogP contribution is -1.94. The first-order valence-corrected chi connectivity index (χ1v) is 6.73. The molecule has 2 aromatic rings. The zero-order valence-electron chi connectivity index (χ0n) is 10.6. The van der Waals surface area contributed by atoms with Gasteiger partial charge in [-0.15, -0.1) is 11.3 Å². The fourth-order valence-corrected chi connectivity index (χ4v) is 2.75. The minimum absolute atomic E-state index is 0.530. The van der Waals surface area contributed by atoms with Gasteiger partial charge in [-0.2, -0.15) is 0 Å². The molecule has 0 aliphatic carbocycles. The normalized spacial score (nSPS) is 10.8. The Bertz CT molecular complexity index is 529. The van der Waals surface area contributed by atoms with Crippen molar-refractivity contribution in [2.45, 2.75) is 33.7 Å². The average Bonchev–Trinajstić information content (AvgIpc) is 2.76. The zero-order chi connectivity index (χ0) is 12.4. The lowest BCUT2D eigenvalue weighted by Gasteiger charge is -2.04. The number of hydrogen-bond acceptors (Lipinski definition) is 3. The maximum atomic E-state index is 5.67. The first-order chi connectivity index (χ1) is 8.15. The van der Waals surface area contributed by atoms with Gasteiger partial charge in [0.15, 0.2) is 0 Å². The summed E-state index contributed by atoms with van der Waals surface area (Å²) in [6, 6.07) is 6.52. The van der Waals surface area contributed by atoms with E-state index in [9.17, 15) is 0 Å². The van der Waals surface area contributed by atoms with Crippen LogP contribution < -0.4 is 5.73 Å². The molecule has 2 nitrogen and oxygen atoms in total. The fourth-order valence-electron chi connectivity index (χ4n) is 1.84. The van der Waals surface area contributed by atoms with Gasteiger partial charge in [-0.05, 0) is 37.5 Å². The number of rotatable bonds is 3. The van der Waals surface area contributed by atoms with E-state index in [0.29, 0.717) is 6.54 Å². The Morgan fingerprint density at radius 3 is 2.59 bits per heavy atom. The van der Waals surface area contributed by atoms with Crippen molar-refractivity contribution >= 4 is 11.3 Å². The van der Waals surface area contributed by atoms with E-state index in [-0.39, 0.29) is 0 Å². The standard InChI is InChI=1S/C14H18N2S/c1-4-12-14(16-13(8-15)17-12)11-6-5-9(2)10(3)7-11/h5-7H,4,8,15H2,1-3H3. The Labute approximate surface area is 107 Å². The summed E-state index contributed by atoms with van der Waals surface area (Å²) in [7, 11) is 0. The smallest absolute Gasteiger partial charge is 0.107 e. The first kappa shape index (κ1) is 12.3. The summed E-state index contributed by atoms with van der Waals surface area (Å²) in [5.41, 5.74) is 10.6. The first-order valence-electron chi connectivity index (χ1n) is 5.92. The highest BCUT2D eigenvalue weighted by molar-refractivity contribution is 7.12. The van der Waals surface area contributed by atoms with E-state index in [2.05, 4.69) is 44.0 Å². The van der Waals surface area contributed by atoms with Gasteiger partial charge in [0.05, 0.1) is 5.69 Å². The number of nitrogens with zero attached hydrogens (tertiary/aromatic N) is 1. The molecule has 0 saturated heterocycles. The number of hydrogen-bond donors (Lipinski definition) is 1. The predicted octanol–water partition coefficient (Wildman–Crippen LogP) is 3.45. The molecule has 0 aliphatic heterocycles. The van der Waals surface area contributed by atoms with Crippen molar-refractivity contribution in [3.05, 3.63) is 39.2 Å². The van der Waals surface area contributed by atoms with Crippen molar-refractivity contribution in [2.75, 3.05) is 0 Å². The number of thiazole rings is 1. The van der Waals surface area contributed by atoms with E-state index in [4.69, 9.17) is 5.73 Å². The van der Waals surface area contributed by atoms with Crippen LogP contribution in [0.1, 0.15) is 27.9 Å². The SMILES string of the molecule is CCc1sc(CN)nc1-c1ccc(C)c(C)c1. The average molecular weight is 246 g/mol. The second kappa shape index (κ2) is 4.98. The maximum absolute atomic E-state index is 5.67. The number of benzene rings is 1. The molecule has 0 bridgehead atoms. The number of aromatic nitrogens is 1. The van der Waals surface area contributed by atoms with Crippen molar-refractivity contribution in [1.82, 2.24) is 4.98 Å². The van der Waals surface area contributed by atoms with Crippen LogP contribution in [0.5, 0.6) is 0 Å². The van der Waals surface area contributed by atoms with Crippen LogP contribution in [-0.4, -0.2) is 4.98 Å². The monoisotopic (exact) mass is 246 g/mol. The Morgan fingerprint density at radius 2 is 2.00 bits per heavy atom. The molecular weight excluding hydrogens is 228 g/mol. The molecule has 2 N–H and O–H groups in total. The summed E-state index contributed by atoms with van der Waals surface area (Å²) < 4.78 is 0. The molecule has 0 fully saturated rings. The van der Waals surface area contributed by atoms with Gasteiger partial charge >= 0.3 is 0 Å². The highest BCUT2D eigenvalue weighted by Gasteiger charge is 2.11. The van der Waals surface area contributed by atoms with Crippen LogP contribution in [0.4, 0.5) is 0 Å². The van der Waals surface area contributed by atoms with Crippen LogP contribution in [-0.2, 0) is 13.0 Å². The number of nitrogens with two attached hydrogens (primary N) is 1. The van der Waals surface area contributed by atoms with Gasteiger partial charge in [0, 0.05) is 17.0 Å². The molecule has 2 rings (SSSR count). The summed E-state index contributed by atoms with van der Waals surface area (Å²) in [5, 5.41) is 1.02. The van der Waals surface area contributed by atoms with Crippen molar-refractivity contribution in [2.24, 2.45) is 5.73 Å². The molecule has 0 spiro atoms. The molecule has 0 saturated carbocycles. The lowest BCUT2D eigenvalue weighted by atomic mass is 10.0. The van der Waals surface area contributed by atoms with Gasteiger partial charge in [-0.25, -0.2) is 4.98 Å². The molecular formula is C14H18N2S. The van der Waals surface area contributed by atoms with E-state index in [1.54, 1.807) is 11.3 Å². The van der Waals surface area contributed by atoms with Crippen molar-refractivity contribution in [3.63, 3.8) is 0 Å². The molecule has 1 heterocycles. The Kier molecular flexibility index (Phi) is 3.60. The third-order valence-electron chi connectivity index (χ3n) is 3.02. The summed E-state index contributed by atoms with van der Waals surface area (Å²) in [6.45, 7) is 6.97. The van der Waals surface area contributed by atoms with E-state index in [1.807, 2.05) is 0 Å². The van der Waals surface area contributed by atoms with Gasteiger partial charge in [-0.3, -0.25) is 0 Å². The van der Waals surface area contributed by atoms with Gasteiger partial charge in [0.25, 0.3) is 0 Å². The van der Waals surface area contributed by atoms with Crippen LogP contribution in [0, 0.1) is 13.8 Å². The highest BCUT2D eigenvalue weighted by Crippen LogP contribution is 2.29. The van der Waals surface area contributed by atoms with Gasteiger partial charge in [0.1, 0.15) is 5.01 Å². The van der Waals surface area contributed by atoms with E-state index >= 15 is 0 Å². The van der Waals surface area contributed by atoms with Crippen LogP contribution in [0.25, 0.3) is 11.3 Å². The topological polar surface area (TPSA) is 38.9 Å². The van der Waals surface area contributed by atoms with Crippen LogP contribution in [0.15, 0.2) is 18.2 Å². The molecule has 1 aromatic carbocycles. The quantitative estimate of drug-likeness (QED) is 0.901. The molecule has 1 aromatic heterocycles. The largest absolute Gasteiger partial charge is 0.325 e. The zero-order valence-corrected chi connectivity index (χ0v) is 11.4. The number of aryl methyl sites for hydroxylation is 3. The molecule has 0 amide bonds. The van der Waals surface area contributed by atoms with Crippen molar-refractivity contribution < 1.29 is 0 Å². The second-order valence-corrected chi connectivity index (χ2v) is 5.40. The minimum atomic E-state index is 0.530. The highest BCUT2D eigenvalue weighted by atomic mass is 32.1. The van der Waals surface area contributed by atoms with Gasteiger partial charge < -0.3 is 5.73 Å². The van der Waals surface area contributed by atoms with Crippen LogP contribution in [0.3, 0.4) is 0 Å². The van der Waals surface area contributed by atoms with Crippen LogP contribution >= 0.6 is 11.3 Å². The Morgan fingerprint density at radius 1 is 1.24 bits per heavy atom. The third-order valence-corrected chi connectivity index (χ3v) is 4.24. The molecule has 0 atom stereocenters. The third kappa shape index (κ3) is 2.40. The second-order valence-electron chi connectivity index (χ2n) is 4.24. The Balaban J connectivity index is 2.51. The minimum Gasteiger partial charge on any atom is -0.325 e. The van der Waals surface area contributed by atoms with Crippen molar-refractivity contribution in [1.29, 1.82) is 0 Å². The van der Waals surface area contributed by atoms with Crippen molar-refractivity contribution in [3.8, 4) is 11.3 Å². The summed E-state index contributed by atoms with van der Waals surface area (Å²) in [6.07, 6.45) is 1.01. The summed E-state index contributed by atoms with van der Waals surface area (Å²) >= 11 is 1.73. The Hall–Kier alpha value is -1.19. The lowest BCUT2D eigenvalue weighted by molar-refractivity contribution is 1.04. The predicted molar refractivity (Wildman–Crippen MR) is 74.3 cm³/mol. The molecule has 17 heavy (non-hydrogen) atoms. The fraction of sp³-hybridized carbons (Fsp3) is 0.357. The van der Waals surface area contributed by atoms with E-state index < -0.39 is 0 Å². The van der Waals surface area contributed by atoms with Gasteiger partial charge in [0.2, 0.25) is 0 Å². The molecule has 3 heteroatoms. The summed E-state index contributed by atoms with van der Waals surface area (Å²) in [4.78, 5) is 5.96. The van der Waals surface area contributed by atoms with Gasteiger partial charge in [-0.1, -0.05) is 19.1 Å². The summed E-state index contributed by atoms with van der Waals surface area (Å²) in [5.74, 6) is 0. The molecule has 0 radical (unpaired) electrons. The molecule has 0 unspecified atom stereocenters. The molecule has 90 valence electrons.